The van der Waals surface area contributed by atoms with Crippen molar-refractivity contribution in [2.45, 2.75) is 13.3 Å². The van der Waals surface area contributed by atoms with Crippen molar-refractivity contribution in [2.24, 2.45) is 5.73 Å². The largest absolute Gasteiger partial charge is 0.330 e. The molecule has 2 heterocycles. The molecule has 0 aliphatic rings. The van der Waals surface area contributed by atoms with Gasteiger partial charge >= 0.3 is 0 Å². The monoisotopic (exact) mass is 214 g/mol. The van der Waals surface area contributed by atoms with E-state index in [1.165, 1.54) is 0 Å². The highest BCUT2D eigenvalue weighted by molar-refractivity contribution is 5.58. The minimum absolute atomic E-state index is 0.610. The van der Waals surface area contributed by atoms with Crippen LogP contribution in [0.15, 0.2) is 30.7 Å². The summed E-state index contributed by atoms with van der Waals surface area (Å²) in [4.78, 5) is 12.6. The van der Waals surface area contributed by atoms with Gasteiger partial charge in [-0.25, -0.2) is 9.97 Å². The normalized spacial score (nSPS) is 10.4. The van der Waals surface area contributed by atoms with Crippen molar-refractivity contribution in [3.63, 3.8) is 0 Å². The highest BCUT2D eigenvalue weighted by Crippen LogP contribution is 2.16. The fourth-order valence-corrected chi connectivity index (χ4v) is 1.53. The Balaban J connectivity index is 2.36. The Hall–Kier alpha value is -1.81. The van der Waals surface area contributed by atoms with E-state index >= 15 is 0 Å². The lowest BCUT2D eigenvalue weighted by molar-refractivity contribution is 0.923. The SMILES string of the molecule is Cc1cc(-c2ccnc(CCN)c2)ncn1. The second-order valence-electron chi connectivity index (χ2n) is 3.62. The fourth-order valence-electron chi connectivity index (χ4n) is 1.53. The van der Waals surface area contributed by atoms with Crippen LogP contribution in [0.1, 0.15) is 11.4 Å². The van der Waals surface area contributed by atoms with Crippen LogP contribution in [0, 0.1) is 6.92 Å². The number of nitrogens with two attached hydrogens (primary N) is 1. The van der Waals surface area contributed by atoms with Crippen LogP contribution in [0.25, 0.3) is 11.3 Å². The second-order valence-corrected chi connectivity index (χ2v) is 3.62. The van der Waals surface area contributed by atoms with Gasteiger partial charge in [-0.15, -0.1) is 0 Å². The average Bonchev–Trinajstić information content (AvgIpc) is 2.30. The van der Waals surface area contributed by atoms with Gasteiger partial charge in [-0.2, -0.15) is 0 Å². The Kier molecular flexibility index (Phi) is 3.22. The van der Waals surface area contributed by atoms with Crippen molar-refractivity contribution >= 4 is 0 Å². The highest BCUT2D eigenvalue weighted by atomic mass is 14.8. The molecule has 0 saturated carbocycles. The van der Waals surface area contributed by atoms with E-state index in [0.717, 1.165) is 29.1 Å². The second kappa shape index (κ2) is 4.81. The summed E-state index contributed by atoms with van der Waals surface area (Å²) in [5, 5.41) is 0. The van der Waals surface area contributed by atoms with Crippen molar-refractivity contribution in [3.8, 4) is 11.3 Å². The third kappa shape index (κ3) is 2.41. The summed E-state index contributed by atoms with van der Waals surface area (Å²) >= 11 is 0. The molecule has 0 aliphatic heterocycles. The summed E-state index contributed by atoms with van der Waals surface area (Å²) in [5.41, 5.74) is 9.45. The summed E-state index contributed by atoms with van der Waals surface area (Å²) in [6.07, 6.45) is 4.16. The lowest BCUT2D eigenvalue weighted by atomic mass is 10.1. The molecule has 16 heavy (non-hydrogen) atoms. The third-order valence-electron chi connectivity index (χ3n) is 2.32. The van der Waals surface area contributed by atoms with Crippen molar-refractivity contribution in [2.75, 3.05) is 6.54 Å². The molecule has 0 unspecified atom stereocenters. The molecule has 0 aromatic carbocycles. The molecule has 0 radical (unpaired) electrons. The van der Waals surface area contributed by atoms with E-state index in [-0.39, 0.29) is 0 Å². The minimum Gasteiger partial charge on any atom is -0.330 e. The Morgan fingerprint density at radius 1 is 1.19 bits per heavy atom. The minimum atomic E-state index is 0.610. The Morgan fingerprint density at radius 3 is 2.81 bits per heavy atom. The smallest absolute Gasteiger partial charge is 0.116 e. The summed E-state index contributed by atoms with van der Waals surface area (Å²) in [5.74, 6) is 0. The van der Waals surface area contributed by atoms with Crippen LogP contribution in [0.5, 0.6) is 0 Å². The number of pyridine rings is 1. The van der Waals surface area contributed by atoms with Gasteiger partial charge in [0.05, 0.1) is 5.69 Å². The fraction of sp³-hybridized carbons (Fsp3) is 0.250. The number of hydrogen-bond donors (Lipinski definition) is 1. The van der Waals surface area contributed by atoms with Crippen LogP contribution < -0.4 is 5.73 Å². The molecule has 2 rings (SSSR count). The highest BCUT2D eigenvalue weighted by Gasteiger charge is 2.01. The molecule has 0 saturated heterocycles. The summed E-state index contributed by atoms with van der Waals surface area (Å²) in [6, 6.07) is 5.93. The molecule has 0 spiro atoms. The number of hydrogen-bond acceptors (Lipinski definition) is 4. The van der Waals surface area contributed by atoms with E-state index in [1.54, 1.807) is 12.5 Å². The number of aromatic nitrogens is 3. The first kappa shape index (κ1) is 10.7. The maximum absolute atomic E-state index is 5.51. The van der Waals surface area contributed by atoms with Gasteiger partial charge in [0.15, 0.2) is 0 Å². The topological polar surface area (TPSA) is 64.7 Å². The summed E-state index contributed by atoms with van der Waals surface area (Å²) < 4.78 is 0. The van der Waals surface area contributed by atoms with Gasteiger partial charge in [0.2, 0.25) is 0 Å². The molecular formula is C12H14N4. The molecule has 82 valence electrons. The Morgan fingerprint density at radius 2 is 2.06 bits per heavy atom. The Labute approximate surface area is 94.6 Å². The van der Waals surface area contributed by atoms with Gasteiger partial charge in [-0.3, -0.25) is 4.98 Å². The van der Waals surface area contributed by atoms with E-state index in [4.69, 9.17) is 5.73 Å². The maximum atomic E-state index is 5.51. The molecule has 0 bridgehead atoms. The first-order chi connectivity index (χ1) is 7.79. The zero-order valence-electron chi connectivity index (χ0n) is 9.22. The standard InChI is InChI=1S/C12H14N4/c1-9-6-12(16-8-15-9)10-3-5-14-11(7-10)2-4-13/h3,5-8H,2,4,13H2,1H3. The van der Waals surface area contributed by atoms with Gasteiger partial charge in [0.1, 0.15) is 6.33 Å². The molecule has 0 amide bonds. The van der Waals surface area contributed by atoms with Crippen LogP contribution in [0.4, 0.5) is 0 Å². The zero-order chi connectivity index (χ0) is 11.4. The van der Waals surface area contributed by atoms with Crippen LogP contribution in [0.2, 0.25) is 0 Å². The lowest BCUT2D eigenvalue weighted by Gasteiger charge is -2.03. The molecule has 4 heteroatoms. The lowest BCUT2D eigenvalue weighted by Crippen LogP contribution is -2.04. The van der Waals surface area contributed by atoms with E-state index in [2.05, 4.69) is 15.0 Å². The molecule has 0 atom stereocenters. The molecule has 0 fully saturated rings. The van der Waals surface area contributed by atoms with Crippen molar-refractivity contribution < 1.29 is 0 Å². The summed E-state index contributed by atoms with van der Waals surface area (Å²) in [7, 11) is 0. The molecular weight excluding hydrogens is 200 g/mol. The molecule has 2 N–H and O–H groups in total. The van der Waals surface area contributed by atoms with Crippen LogP contribution in [-0.2, 0) is 6.42 Å². The van der Waals surface area contributed by atoms with Gasteiger partial charge in [0, 0.05) is 29.6 Å². The van der Waals surface area contributed by atoms with E-state index < -0.39 is 0 Å². The molecule has 0 aliphatic carbocycles. The average molecular weight is 214 g/mol. The van der Waals surface area contributed by atoms with Crippen LogP contribution >= 0.6 is 0 Å². The maximum Gasteiger partial charge on any atom is 0.116 e. The molecule has 4 nitrogen and oxygen atoms in total. The number of aryl methyl sites for hydroxylation is 1. The summed E-state index contributed by atoms with van der Waals surface area (Å²) in [6.45, 7) is 2.56. The first-order valence-corrected chi connectivity index (χ1v) is 5.23. The van der Waals surface area contributed by atoms with E-state index in [9.17, 15) is 0 Å². The number of nitrogens with zero attached hydrogens (tertiary/aromatic N) is 3. The quantitative estimate of drug-likeness (QED) is 0.837. The third-order valence-corrected chi connectivity index (χ3v) is 2.32. The van der Waals surface area contributed by atoms with Gasteiger partial charge in [-0.1, -0.05) is 0 Å². The first-order valence-electron chi connectivity index (χ1n) is 5.23. The van der Waals surface area contributed by atoms with E-state index in [1.807, 2.05) is 25.1 Å². The van der Waals surface area contributed by atoms with Crippen molar-refractivity contribution in [1.82, 2.24) is 15.0 Å². The Bertz CT molecular complexity index is 482. The van der Waals surface area contributed by atoms with Crippen molar-refractivity contribution in [1.29, 1.82) is 0 Å². The predicted molar refractivity (Wildman–Crippen MR) is 62.8 cm³/mol. The van der Waals surface area contributed by atoms with Crippen LogP contribution in [-0.4, -0.2) is 21.5 Å². The predicted octanol–water partition coefficient (Wildman–Crippen LogP) is 1.35. The van der Waals surface area contributed by atoms with E-state index in [0.29, 0.717) is 6.54 Å². The van der Waals surface area contributed by atoms with Crippen LogP contribution in [0.3, 0.4) is 0 Å². The number of rotatable bonds is 3. The van der Waals surface area contributed by atoms with Gasteiger partial charge in [-0.05, 0) is 31.7 Å². The van der Waals surface area contributed by atoms with Crippen molar-refractivity contribution in [3.05, 3.63) is 42.1 Å². The molecule has 2 aromatic heterocycles. The zero-order valence-corrected chi connectivity index (χ0v) is 9.22. The molecule has 2 aromatic rings. The van der Waals surface area contributed by atoms with Gasteiger partial charge < -0.3 is 5.73 Å². The van der Waals surface area contributed by atoms with Gasteiger partial charge in [0.25, 0.3) is 0 Å².